The Labute approximate surface area is 131 Å². The number of hydrogen-bond acceptors (Lipinski definition) is 3. The van der Waals surface area contributed by atoms with Gasteiger partial charge in [0.15, 0.2) is 11.8 Å². The zero-order valence-electron chi connectivity index (χ0n) is 13.6. The predicted octanol–water partition coefficient (Wildman–Crippen LogP) is 0.961. The molecule has 0 spiro atoms. The van der Waals surface area contributed by atoms with Gasteiger partial charge in [-0.1, -0.05) is 6.07 Å². The Bertz CT molecular complexity index is 606. The van der Waals surface area contributed by atoms with Crippen LogP contribution in [0.2, 0.25) is 0 Å². The molecule has 22 heavy (non-hydrogen) atoms. The van der Waals surface area contributed by atoms with Crippen LogP contribution in [0.4, 0.5) is 5.69 Å². The SMILES string of the molecule is CN(C)c1cccc(C(=O)NC[C@@H](c2ccco2)[NH+](C)C)c1. The number of quaternary nitrogens is 1. The van der Waals surface area contributed by atoms with Crippen LogP contribution >= 0.6 is 0 Å². The van der Waals surface area contributed by atoms with Gasteiger partial charge in [0.25, 0.3) is 5.91 Å². The van der Waals surface area contributed by atoms with Crippen LogP contribution in [-0.2, 0) is 0 Å². The second kappa shape index (κ2) is 7.13. The van der Waals surface area contributed by atoms with Crippen molar-refractivity contribution in [3.8, 4) is 0 Å². The smallest absolute Gasteiger partial charge is 0.251 e. The normalized spacial score (nSPS) is 12.2. The van der Waals surface area contributed by atoms with Crippen molar-refractivity contribution in [3.05, 3.63) is 54.0 Å². The second-order valence-electron chi connectivity index (χ2n) is 5.80. The minimum Gasteiger partial charge on any atom is -0.463 e. The van der Waals surface area contributed by atoms with E-state index in [4.69, 9.17) is 4.42 Å². The number of nitrogens with zero attached hydrogens (tertiary/aromatic N) is 1. The van der Waals surface area contributed by atoms with E-state index in [1.807, 2.05) is 69.5 Å². The third-order valence-corrected chi connectivity index (χ3v) is 3.68. The van der Waals surface area contributed by atoms with E-state index in [2.05, 4.69) is 5.32 Å². The molecule has 1 aromatic carbocycles. The number of anilines is 1. The number of hydrogen-bond donors (Lipinski definition) is 2. The first kappa shape index (κ1) is 16.1. The van der Waals surface area contributed by atoms with Crippen molar-refractivity contribution in [1.29, 1.82) is 0 Å². The Morgan fingerprint density at radius 1 is 1.27 bits per heavy atom. The predicted molar refractivity (Wildman–Crippen MR) is 87.4 cm³/mol. The number of likely N-dealkylation sites (N-methyl/N-ethyl adjacent to an activating group) is 1. The van der Waals surface area contributed by atoms with Gasteiger partial charge in [-0.3, -0.25) is 4.79 Å². The molecule has 1 aromatic heterocycles. The summed E-state index contributed by atoms with van der Waals surface area (Å²) in [5, 5.41) is 3.00. The molecule has 118 valence electrons. The van der Waals surface area contributed by atoms with Gasteiger partial charge in [-0.05, 0) is 30.3 Å². The fraction of sp³-hybridized carbons (Fsp3) is 0.353. The first-order valence-corrected chi connectivity index (χ1v) is 7.38. The molecule has 1 amide bonds. The van der Waals surface area contributed by atoms with Gasteiger partial charge < -0.3 is 19.5 Å². The van der Waals surface area contributed by atoms with E-state index >= 15 is 0 Å². The van der Waals surface area contributed by atoms with E-state index in [0.29, 0.717) is 12.1 Å². The van der Waals surface area contributed by atoms with Crippen LogP contribution in [0, 0.1) is 0 Å². The van der Waals surface area contributed by atoms with Crippen LogP contribution in [0.3, 0.4) is 0 Å². The average molecular weight is 302 g/mol. The van der Waals surface area contributed by atoms with Crippen LogP contribution in [0.1, 0.15) is 22.2 Å². The average Bonchev–Trinajstić information content (AvgIpc) is 3.01. The number of carbonyl (C=O) groups excluding carboxylic acids is 1. The Balaban J connectivity index is 2.04. The summed E-state index contributed by atoms with van der Waals surface area (Å²) in [5.41, 5.74) is 1.67. The summed E-state index contributed by atoms with van der Waals surface area (Å²) in [5.74, 6) is 0.809. The maximum absolute atomic E-state index is 12.3. The fourth-order valence-corrected chi connectivity index (χ4v) is 2.30. The summed E-state index contributed by atoms with van der Waals surface area (Å²) in [6.07, 6.45) is 1.66. The van der Waals surface area contributed by atoms with Crippen molar-refractivity contribution in [2.45, 2.75) is 6.04 Å². The van der Waals surface area contributed by atoms with Crippen molar-refractivity contribution in [2.24, 2.45) is 0 Å². The molecule has 2 rings (SSSR count). The Kier molecular flexibility index (Phi) is 5.22. The first-order chi connectivity index (χ1) is 10.5. The molecular weight excluding hydrogens is 278 g/mol. The van der Waals surface area contributed by atoms with Crippen LogP contribution in [-0.4, -0.2) is 40.6 Å². The minimum atomic E-state index is -0.0680. The van der Waals surface area contributed by atoms with Crippen LogP contribution in [0.15, 0.2) is 47.1 Å². The van der Waals surface area contributed by atoms with Crippen LogP contribution in [0.5, 0.6) is 0 Å². The maximum Gasteiger partial charge on any atom is 0.251 e. The molecule has 1 heterocycles. The number of nitrogens with one attached hydrogen (secondary N) is 2. The van der Waals surface area contributed by atoms with E-state index in [1.165, 1.54) is 4.90 Å². The molecule has 5 nitrogen and oxygen atoms in total. The van der Waals surface area contributed by atoms with Gasteiger partial charge in [0.05, 0.1) is 26.9 Å². The summed E-state index contributed by atoms with van der Waals surface area (Å²) >= 11 is 0. The summed E-state index contributed by atoms with van der Waals surface area (Å²) in [4.78, 5) is 15.5. The summed E-state index contributed by atoms with van der Waals surface area (Å²) < 4.78 is 5.47. The maximum atomic E-state index is 12.3. The van der Waals surface area contributed by atoms with Crippen LogP contribution in [0.25, 0.3) is 0 Å². The van der Waals surface area contributed by atoms with E-state index in [-0.39, 0.29) is 11.9 Å². The molecule has 0 unspecified atom stereocenters. The molecule has 0 aliphatic rings. The molecule has 0 fully saturated rings. The van der Waals surface area contributed by atoms with Crippen molar-refractivity contribution >= 4 is 11.6 Å². The zero-order chi connectivity index (χ0) is 16.1. The molecule has 0 saturated carbocycles. The topological polar surface area (TPSA) is 49.9 Å². The van der Waals surface area contributed by atoms with Gasteiger partial charge >= 0.3 is 0 Å². The monoisotopic (exact) mass is 302 g/mol. The molecule has 0 bridgehead atoms. The summed E-state index contributed by atoms with van der Waals surface area (Å²) in [6.45, 7) is 0.529. The molecule has 0 aliphatic carbocycles. The molecule has 1 atom stereocenters. The molecule has 0 aliphatic heterocycles. The molecule has 5 heteroatoms. The highest BCUT2D eigenvalue weighted by Crippen LogP contribution is 2.14. The lowest BCUT2D eigenvalue weighted by Gasteiger charge is -2.20. The van der Waals surface area contributed by atoms with E-state index in [9.17, 15) is 4.79 Å². The first-order valence-electron chi connectivity index (χ1n) is 7.38. The standard InChI is InChI=1S/C17H23N3O2/c1-19(2)14-8-5-7-13(11-14)17(21)18-12-15(20(3)4)16-9-6-10-22-16/h5-11,15H,12H2,1-4H3,(H,18,21)/p+1/t15-/m0/s1. The minimum absolute atomic E-state index is 0.0680. The summed E-state index contributed by atoms with van der Waals surface area (Å²) in [6, 6.07) is 11.5. The van der Waals surface area contributed by atoms with Crippen molar-refractivity contribution in [3.63, 3.8) is 0 Å². The number of carbonyl (C=O) groups is 1. The van der Waals surface area contributed by atoms with E-state index in [1.54, 1.807) is 6.26 Å². The lowest BCUT2D eigenvalue weighted by atomic mass is 10.1. The number of benzene rings is 1. The lowest BCUT2D eigenvalue weighted by Crippen LogP contribution is -3.07. The highest BCUT2D eigenvalue weighted by molar-refractivity contribution is 5.95. The lowest BCUT2D eigenvalue weighted by molar-refractivity contribution is -0.891. The zero-order valence-corrected chi connectivity index (χ0v) is 13.6. The van der Waals surface area contributed by atoms with Gasteiger partial charge in [-0.25, -0.2) is 0 Å². The molecule has 2 N–H and O–H groups in total. The second-order valence-corrected chi connectivity index (χ2v) is 5.80. The third-order valence-electron chi connectivity index (χ3n) is 3.68. The highest BCUT2D eigenvalue weighted by Gasteiger charge is 2.21. The largest absolute Gasteiger partial charge is 0.463 e. The Morgan fingerprint density at radius 2 is 2.05 bits per heavy atom. The molecule has 0 saturated heterocycles. The molecular formula is C17H24N3O2+. The van der Waals surface area contributed by atoms with Gasteiger partial charge in [-0.15, -0.1) is 0 Å². The van der Waals surface area contributed by atoms with E-state index in [0.717, 1.165) is 11.4 Å². The quantitative estimate of drug-likeness (QED) is 0.836. The molecule has 2 aromatic rings. The summed E-state index contributed by atoms with van der Waals surface area (Å²) in [7, 11) is 8.01. The highest BCUT2D eigenvalue weighted by atomic mass is 16.3. The van der Waals surface area contributed by atoms with Gasteiger partial charge in [-0.2, -0.15) is 0 Å². The third kappa shape index (κ3) is 3.89. The van der Waals surface area contributed by atoms with Crippen LogP contribution < -0.4 is 15.1 Å². The Hall–Kier alpha value is -2.27. The van der Waals surface area contributed by atoms with Crippen molar-refractivity contribution in [2.75, 3.05) is 39.6 Å². The number of rotatable bonds is 6. The fourth-order valence-electron chi connectivity index (χ4n) is 2.30. The van der Waals surface area contributed by atoms with E-state index < -0.39 is 0 Å². The van der Waals surface area contributed by atoms with Crippen molar-refractivity contribution in [1.82, 2.24) is 5.32 Å². The number of furan rings is 1. The van der Waals surface area contributed by atoms with Gasteiger partial charge in [0, 0.05) is 25.3 Å². The van der Waals surface area contributed by atoms with Gasteiger partial charge in [0.1, 0.15) is 0 Å². The van der Waals surface area contributed by atoms with Crippen molar-refractivity contribution < 1.29 is 14.1 Å². The Morgan fingerprint density at radius 3 is 2.64 bits per heavy atom. The number of amides is 1. The van der Waals surface area contributed by atoms with Gasteiger partial charge in [0.2, 0.25) is 0 Å². The molecule has 0 radical (unpaired) electrons.